The van der Waals surface area contributed by atoms with Crippen LogP contribution < -0.4 is 5.43 Å². The summed E-state index contributed by atoms with van der Waals surface area (Å²) in [5, 5.41) is 5.61. The van der Waals surface area contributed by atoms with E-state index >= 15 is 0 Å². The number of β-lactam (4-membered cyclic amide) rings is 1. The molecule has 1 aromatic carbocycles. The zero-order chi connectivity index (χ0) is 16.4. The average molecular weight is 311 g/mol. The van der Waals surface area contributed by atoms with Crippen LogP contribution in [0.3, 0.4) is 0 Å². The lowest BCUT2D eigenvalue weighted by Crippen LogP contribution is -2.53. The van der Waals surface area contributed by atoms with E-state index in [1.807, 2.05) is 26.0 Å². The predicted molar refractivity (Wildman–Crippen MR) is 84.7 cm³/mol. The average Bonchev–Trinajstić information content (AvgIpc) is 2.97. The van der Waals surface area contributed by atoms with Crippen molar-refractivity contribution in [3.05, 3.63) is 41.7 Å². The molecule has 0 aliphatic carbocycles. The van der Waals surface area contributed by atoms with Gasteiger partial charge in [-0.25, -0.2) is 9.67 Å². The zero-order valence-corrected chi connectivity index (χ0v) is 13.0. The Morgan fingerprint density at radius 1 is 1.26 bits per heavy atom. The number of benzene rings is 1. The molecule has 2 aromatic rings. The van der Waals surface area contributed by atoms with Gasteiger partial charge in [0.15, 0.2) is 5.82 Å². The summed E-state index contributed by atoms with van der Waals surface area (Å²) in [4.78, 5) is 27.0. The number of carbonyl (C=O) groups excluding carboxylic acids is 2. The molecule has 2 amide bonds. The normalized spacial score (nSPS) is 14.2. The fourth-order valence-corrected chi connectivity index (χ4v) is 2.33. The van der Waals surface area contributed by atoms with E-state index in [0.717, 1.165) is 16.7 Å². The first-order valence-electron chi connectivity index (χ1n) is 7.30. The van der Waals surface area contributed by atoms with Crippen LogP contribution in [0.2, 0.25) is 0 Å². The molecule has 1 fully saturated rings. The van der Waals surface area contributed by atoms with Crippen LogP contribution in [0.15, 0.2) is 30.6 Å². The molecule has 0 saturated carbocycles. The minimum Gasteiger partial charge on any atom is -0.273 e. The van der Waals surface area contributed by atoms with Crippen molar-refractivity contribution in [1.82, 2.24) is 25.2 Å². The van der Waals surface area contributed by atoms with Gasteiger partial charge in [0, 0.05) is 24.3 Å². The second-order valence-corrected chi connectivity index (χ2v) is 5.51. The van der Waals surface area contributed by atoms with Crippen molar-refractivity contribution in [2.45, 2.75) is 20.3 Å². The fraction of sp³-hybridized carbons (Fsp3) is 0.250. The Morgan fingerprint density at radius 2 is 2.00 bits per heavy atom. The lowest BCUT2D eigenvalue weighted by Gasteiger charge is -2.29. The molecule has 1 N–H and O–H groups in total. The van der Waals surface area contributed by atoms with Gasteiger partial charge in [-0.1, -0.05) is 17.2 Å². The van der Waals surface area contributed by atoms with Crippen molar-refractivity contribution in [2.75, 3.05) is 6.54 Å². The Kier molecular flexibility index (Phi) is 3.92. The van der Waals surface area contributed by atoms with Gasteiger partial charge in [0.05, 0.1) is 6.54 Å². The Balaban J connectivity index is 1.68. The second-order valence-electron chi connectivity index (χ2n) is 5.51. The van der Waals surface area contributed by atoms with Gasteiger partial charge in [-0.2, -0.15) is 0 Å². The summed E-state index contributed by atoms with van der Waals surface area (Å²) in [6.45, 7) is 4.60. The highest BCUT2D eigenvalue weighted by atomic mass is 16.2. The van der Waals surface area contributed by atoms with E-state index in [4.69, 9.17) is 0 Å². The molecule has 0 spiro atoms. The predicted octanol–water partition coefficient (Wildman–Crippen LogP) is 1.30. The maximum Gasteiger partial charge on any atom is 0.264 e. The van der Waals surface area contributed by atoms with E-state index in [-0.39, 0.29) is 11.8 Å². The molecule has 1 saturated heterocycles. The number of nitrogens with one attached hydrogen (secondary N) is 1. The number of hydrazine groups is 1. The van der Waals surface area contributed by atoms with Gasteiger partial charge in [0.25, 0.3) is 5.91 Å². The Hall–Kier alpha value is -2.96. The van der Waals surface area contributed by atoms with Crippen LogP contribution >= 0.6 is 0 Å². The van der Waals surface area contributed by atoms with Crippen molar-refractivity contribution in [3.63, 3.8) is 0 Å². The van der Waals surface area contributed by atoms with Gasteiger partial charge in [0.2, 0.25) is 5.91 Å². The molecule has 0 bridgehead atoms. The number of hydrogen-bond acceptors (Lipinski definition) is 4. The van der Waals surface area contributed by atoms with Crippen molar-refractivity contribution in [3.8, 4) is 11.4 Å². The summed E-state index contributed by atoms with van der Waals surface area (Å²) < 4.78 is 1.46. The molecule has 1 aromatic heterocycles. The molecule has 118 valence electrons. The maximum absolute atomic E-state index is 11.7. The summed E-state index contributed by atoms with van der Waals surface area (Å²) >= 11 is 0. The third-order valence-electron chi connectivity index (χ3n) is 3.46. The summed E-state index contributed by atoms with van der Waals surface area (Å²) in [6.07, 6.45) is 4.82. The number of nitrogens with zero attached hydrogens (tertiary/aromatic N) is 4. The molecule has 1 aliphatic rings. The van der Waals surface area contributed by atoms with Crippen molar-refractivity contribution < 1.29 is 9.59 Å². The van der Waals surface area contributed by atoms with Gasteiger partial charge in [0.1, 0.15) is 6.33 Å². The van der Waals surface area contributed by atoms with Gasteiger partial charge in [-0.15, -0.1) is 5.10 Å². The smallest absolute Gasteiger partial charge is 0.264 e. The molecule has 7 heteroatoms. The largest absolute Gasteiger partial charge is 0.273 e. The molecular weight excluding hydrogens is 294 g/mol. The first-order chi connectivity index (χ1) is 11.0. The SMILES string of the molecule is Cc1cc(C)cc(-c2ncn(/C=C\C(=O)NN3CCC3=O)n2)c1. The second kappa shape index (κ2) is 6.04. The van der Waals surface area contributed by atoms with Crippen LogP contribution in [0.5, 0.6) is 0 Å². The van der Waals surface area contributed by atoms with Crippen LogP contribution in [0.1, 0.15) is 17.5 Å². The quantitative estimate of drug-likeness (QED) is 0.681. The van der Waals surface area contributed by atoms with E-state index in [1.54, 1.807) is 0 Å². The standard InChI is InChI=1S/C16H17N5O2/c1-11-7-12(2)9-13(8-11)16-17-10-20(19-16)5-3-14(22)18-21-6-4-15(21)23/h3,5,7-10H,4,6H2,1-2H3,(H,18,22)/b5-3-. The summed E-state index contributed by atoms with van der Waals surface area (Å²) in [6, 6.07) is 6.11. The number of carbonyl (C=O) groups is 2. The third-order valence-corrected chi connectivity index (χ3v) is 3.46. The highest BCUT2D eigenvalue weighted by Gasteiger charge is 2.24. The Bertz CT molecular complexity index is 773. The van der Waals surface area contributed by atoms with Gasteiger partial charge in [-0.05, 0) is 26.0 Å². The first kappa shape index (κ1) is 15.0. The van der Waals surface area contributed by atoms with Crippen LogP contribution in [0, 0.1) is 13.8 Å². The molecule has 0 atom stereocenters. The van der Waals surface area contributed by atoms with Gasteiger partial charge in [-0.3, -0.25) is 20.0 Å². The molecule has 2 heterocycles. The molecule has 0 radical (unpaired) electrons. The van der Waals surface area contributed by atoms with Gasteiger partial charge < -0.3 is 0 Å². The lowest BCUT2D eigenvalue weighted by atomic mass is 10.1. The van der Waals surface area contributed by atoms with Crippen LogP contribution in [-0.2, 0) is 9.59 Å². The Labute approximate surface area is 133 Å². The topological polar surface area (TPSA) is 80.1 Å². The number of amides is 2. The lowest BCUT2D eigenvalue weighted by molar-refractivity contribution is -0.148. The van der Waals surface area contributed by atoms with Crippen LogP contribution in [0.4, 0.5) is 0 Å². The van der Waals surface area contributed by atoms with E-state index in [0.29, 0.717) is 18.8 Å². The van der Waals surface area contributed by atoms with Crippen LogP contribution in [0.25, 0.3) is 17.6 Å². The minimum atomic E-state index is -0.374. The van der Waals surface area contributed by atoms with E-state index in [9.17, 15) is 9.59 Å². The molecule has 0 unspecified atom stereocenters. The zero-order valence-electron chi connectivity index (χ0n) is 13.0. The van der Waals surface area contributed by atoms with Crippen molar-refractivity contribution >= 4 is 18.0 Å². The molecule has 7 nitrogen and oxygen atoms in total. The molecule has 1 aliphatic heterocycles. The fourth-order valence-electron chi connectivity index (χ4n) is 2.33. The summed E-state index contributed by atoms with van der Waals surface area (Å²) in [7, 11) is 0. The number of aromatic nitrogens is 3. The van der Waals surface area contributed by atoms with E-state index in [2.05, 4.69) is 21.6 Å². The summed E-state index contributed by atoms with van der Waals surface area (Å²) in [5.74, 6) is 0.144. The molecule has 3 rings (SSSR count). The van der Waals surface area contributed by atoms with Crippen LogP contribution in [-0.4, -0.2) is 38.1 Å². The number of aryl methyl sites for hydroxylation is 2. The Morgan fingerprint density at radius 3 is 2.61 bits per heavy atom. The molecular formula is C16H17N5O2. The highest BCUT2D eigenvalue weighted by Crippen LogP contribution is 2.18. The number of rotatable bonds is 4. The molecule has 23 heavy (non-hydrogen) atoms. The van der Waals surface area contributed by atoms with E-state index < -0.39 is 0 Å². The third kappa shape index (κ3) is 3.45. The van der Waals surface area contributed by atoms with Gasteiger partial charge >= 0.3 is 0 Å². The first-order valence-corrected chi connectivity index (χ1v) is 7.30. The van der Waals surface area contributed by atoms with Crippen molar-refractivity contribution in [1.29, 1.82) is 0 Å². The maximum atomic E-state index is 11.7. The monoisotopic (exact) mass is 311 g/mol. The number of hydrogen-bond donors (Lipinski definition) is 1. The summed E-state index contributed by atoms with van der Waals surface area (Å²) in [5.41, 5.74) is 5.71. The minimum absolute atomic E-state index is 0.0791. The van der Waals surface area contributed by atoms with E-state index in [1.165, 1.54) is 28.3 Å². The van der Waals surface area contributed by atoms with Crippen molar-refractivity contribution in [2.24, 2.45) is 0 Å². The highest BCUT2D eigenvalue weighted by molar-refractivity contribution is 5.92.